The Labute approximate surface area is 115 Å². The van der Waals surface area contributed by atoms with Crippen molar-refractivity contribution >= 4 is 5.91 Å². The number of carbonyl (C=O) groups is 1. The Balaban J connectivity index is 1.84. The maximum Gasteiger partial charge on any atom is 0.223 e. The van der Waals surface area contributed by atoms with Gasteiger partial charge in [0, 0.05) is 18.5 Å². The van der Waals surface area contributed by atoms with Crippen LogP contribution in [0.25, 0.3) is 0 Å². The first-order valence-electron chi connectivity index (χ1n) is 7.26. The third kappa shape index (κ3) is 3.80. The first-order chi connectivity index (χ1) is 9.20. The second-order valence-corrected chi connectivity index (χ2v) is 5.60. The molecule has 0 bridgehead atoms. The second kappa shape index (κ2) is 6.71. The summed E-state index contributed by atoms with van der Waals surface area (Å²) in [5, 5.41) is 2.99. The smallest absolute Gasteiger partial charge is 0.223 e. The van der Waals surface area contributed by atoms with Crippen LogP contribution in [0.1, 0.15) is 44.1 Å². The highest BCUT2D eigenvalue weighted by Gasteiger charge is 2.27. The van der Waals surface area contributed by atoms with Gasteiger partial charge in [-0.25, -0.2) is 0 Å². The lowest BCUT2D eigenvalue weighted by atomic mass is 9.78. The van der Waals surface area contributed by atoms with Gasteiger partial charge in [0.15, 0.2) is 0 Å². The zero-order chi connectivity index (χ0) is 13.7. The molecule has 1 aromatic carbocycles. The van der Waals surface area contributed by atoms with Gasteiger partial charge >= 0.3 is 0 Å². The fourth-order valence-corrected chi connectivity index (χ4v) is 2.83. The topological polar surface area (TPSA) is 55.1 Å². The molecule has 0 aromatic heterocycles. The van der Waals surface area contributed by atoms with Crippen molar-refractivity contribution < 1.29 is 4.79 Å². The minimum absolute atomic E-state index is 0.0827. The summed E-state index contributed by atoms with van der Waals surface area (Å²) in [6.07, 6.45) is 4.20. The van der Waals surface area contributed by atoms with E-state index in [0.29, 0.717) is 12.5 Å². The Morgan fingerprint density at radius 1 is 1.26 bits per heavy atom. The highest BCUT2D eigenvalue weighted by molar-refractivity contribution is 5.79. The third-order valence-electron chi connectivity index (χ3n) is 4.11. The molecule has 2 rings (SSSR count). The van der Waals surface area contributed by atoms with E-state index >= 15 is 0 Å². The molecule has 0 saturated heterocycles. The molecular weight excluding hydrogens is 236 g/mol. The number of amides is 1. The molecule has 1 aliphatic carbocycles. The fourth-order valence-electron chi connectivity index (χ4n) is 2.83. The van der Waals surface area contributed by atoms with Crippen molar-refractivity contribution in [2.45, 2.75) is 44.6 Å². The van der Waals surface area contributed by atoms with Gasteiger partial charge in [-0.15, -0.1) is 0 Å². The molecule has 0 radical (unpaired) electrons. The van der Waals surface area contributed by atoms with Crippen LogP contribution in [0.3, 0.4) is 0 Å². The van der Waals surface area contributed by atoms with Crippen LogP contribution in [0.15, 0.2) is 30.3 Å². The average molecular weight is 260 g/mol. The normalized spacial score (nSPS) is 24.7. The average Bonchev–Trinajstić information content (AvgIpc) is 2.48. The lowest BCUT2D eigenvalue weighted by molar-refractivity contribution is -0.126. The maximum atomic E-state index is 12.0. The van der Waals surface area contributed by atoms with Gasteiger partial charge < -0.3 is 11.1 Å². The maximum absolute atomic E-state index is 12.0. The quantitative estimate of drug-likeness (QED) is 0.873. The van der Waals surface area contributed by atoms with E-state index in [4.69, 9.17) is 5.73 Å². The van der Waals surface area contributed by atoms with E-state index in [2.05, 4.69) is 35.6 Å². The first-order valence-corrected chi connectivity index (χ1v) is 7.26. The molecule has 0 heterocycles. The van der Waals surface area contributed by atoms with E-state index in [1.807, 2.05) is 6.92 Å². The molecule has 3 heteroatoms. The molecule has 1 aromatic rings. The molecule has 1 aliphatic rings. The number of hydrogen-bond acceptors (Lipinski definition) is 2. The fraction of sp³-hybridized carbons (Fsp3) is 0.562. The van der Waals surface area contributed by atoms with Crippen LogP contribution in [0.4, 0.5) is 0 Å². The van der Waals surface area contributed by atoms with E-state index in [-0.39, 0.29) is 17.9 Å². The Morgan fingerprint density at radius 2 is 1.89 bits per heavy atom. The van der Waals surface area contributed by atoms with Gasteiger partial charge in [0.25, 0.3) is 0 Å². The van der Waals surface area contributed by atoms with Crippen LogP contribution in [0, 0.1) is 5.92 Å². The summed E-state index contributed by atoms with van der Waals surface area (Å²) in [6.45, 7) is 2.46. The van der Waals surface area contributed by atoms with Gasteiger partial charge in [-0.3, -0.25) is 4.79 Å². The van der Waals surface area contributed by atoms with E-state index in [9.17, 15) is 4.79 Å². The summed E-state index contributed by atoms with van der Waals surface area (Å²) in [7, 11) is 0. The molecule has 1 atom stereocenters. The number of carbonyl (C=O) groups excluding carboxylic acids is 1. The SMILES string of the molecule is C[C@@H](CN)NC(=O)C1CCC(c2ccccc2)CC1. The van der Waals surface area contributed by atoms with Crippen LogP contribution in [0.2, 0.25) is 0 Å². The monoisotopic (exact) mass is 260 g/mol. The highest BCUT2D eigenvalue weighted by Crippen LogP contribution is 2.35. The minimum Gasteiger partial charge on any atom is -0.352 e. The van der Waals surface area contributed by atoms with E-state index in [1.54, 1.807) is 0 Å². The molecule has 3 N–H and O–H groups in total. The Hall–Kier alpha value is -1.35. The number of nitrogens with two attached hydrogens (primary N) is 1. The Bertz CT molecular complexity index is 396. The Kier molecular flexibility index (Phi) is 4.97. The lowest BCUT2D eigenvalue weighted by Gasteiger charge is -2.28. The van der Waals surface area contributed by atoms with Gasteiger partial charge in [-0.1, -0.05) is 30.3 Å². The van der Waals surface area contributed by atoms with Crippen molar-refractivity contribution in [1.82, 2.24) is 5.32 Å². The van der Waals surface area contributed by atoms with Gasteiger partial charge in [-0.05, 0) is 44.1 Å². The predicted octanol–water partition coefficient (Wildman–Crippen LogP) is 2.42. The van der Waals surface area contributed by atoms with Gasteiger partial charge in [-0.2, -0.15) is 0 Å². The first kappa shape index (κ1) is 14.1. The second-order valence-electron chi connectivity index (χ2n) is 5.60. The molecular formula is C16H24N2O. The predicted molar refractivity (Wildman–Crippen MR) is 77.8 cm³/mol. The van der Waals surface area contributed by atoms with Crippen LogP contribution in [0.5, 0.6) is 0 Å². The zero-order valence-electron chi connectivity index (χ0n) is 11.6. The van der Waals surface area contributed by atoms with E-state index < -0.39 is 0 Å². The van der Waals surface area contributed by atoms with Crippen LogP contribution < -0.4 is 11.1 Å². The standard InChI is InChI=1S/C16H24N2O/c1-12(11-17)18-16(19)15-9-7-14(8-10-15)13-5-3-2-4-6-13/h2-6,12,14-15H,7-11,17H2,1H3,(H,18,19)/t12-,14?,15?/m0/s1. The van der Waals surface area contributed by atoms with Crippen molar-refractivity contribution in [1.29, 1.82) is 0 Å². The van der Waals surface area contributed by atoms with Crippen LogP contribution in [-0.4, -0.2) is 18.5 Å². The molecule has 0 spiro atoms. The van der Waals surface area contributed by atoms with Gasteiger partial charge in [0.05, 0.1) is 0 Å². The number of nitrogens with one attached hydrogen (secondary N) is 1. The number of rotatable bonds is 4. The molecule has 1 fully saturated rings. The summed E-state index contributed by atoms with van der Waals surface area (Å²) < 4.78 is 0. The zero-order valence-corrected chi connectivity index (χ0v) is 11.6. The van der Waals surface area contributed by atoms with Crippen molar-refractivity contribution in [2.24, 2.45) is 11.7 Å². The van der Waals surface area contributed by atoms with Crippen molar-refractivity contribution in [3.8, 4) is 0 Å². The third-order valence-corrected chi connectivity index (χ3v) is 4.11. The Morgan fingerprint density at radius 3 is 2.47 bits per heavy atom. The molecule has 1 amide bonds. The molecule has 19 heavy (non-hydrogen) atoms. The van der Waals surface area contributed by atoms with Crippen LogP contribution in [-0.2, 0) is 4.79 Å². The highest BCUT2D eigenvalue weighted by atomic mass is 16.1. The lowest BCUT2D eigenvalue weighted by Crippen LogP contribution is -2.42. The summed E-state index contributed by atoms with van der Waals surface area (Å²) >= 11 is 0. The summed E-state index contributed by atoms with van der Waals surface area (Å²) in [5.74, 6) is 0.982. The summed E-state index contributed by atoms with van der Waals surface area (Å²) in [5.41, 5.74) is 6.95. The molecule has 104 valence electrons. The van der Waals surface area contributed by atoms with Crippen LogP contribution >= 0.6 is 0 Å². The van der Waals surface area contributed by atoms with Gasteiger partial charge in [0.1, 0.15) is 0 Å². The molecule has 0 unspecified atom stereocenters. The summed E-state index contributed by atoms with van der Waals surface area (Å²) in [4.78, 5) is 12.0. The van der Waals surface area contributed by atoms with E-state index in [1.165, 1.54) is 5.56 Å². The largest absolute Gasteiger partial charge is 0.352 e. The van der Waals surface area contributed by atoms with Gasteiger partial charge in [0.2, 0.25) is 5.91 Å². The number of benzene rings is 1. The number of hydrogen-bond donors (Lipinski definition) is 2. The molecule has 3 nitrogen and oxygen atoms in total. The van der Waals surface area contributed by atoms with E-state index in [0.717, 1.165) is 25.7 Å². The van der Waals surface area contributed by atoms with Crippen molar-refractivity contribution in [2.75, 3.05) is 6.54 Å². The molecule has 0 aliphatic heterocycles. The van der Waals surface area contributed by atoms with Crippen molar-refractivity contribution in [3.63, 3.8) is 0 Å². The minimum atomic E-state index is 0.0827. The van der Waals surface area contributed by atoms with Crippen molar-refractivity contribution in [3.05, 3.63) is 35.9 Å². The molecule has 1 saturated carbocycles. The summed E-state index contributed by atoms with van der Waals surface area (Å²) in [6, 6.07) is 10.7.